The predicted octanol–water partition coefficient (Wildman–Crippen LogP) is 5.91. The Bertz CT molecular complexity index is 1650. The second-order valence-corrected chi connectivity index (χ2v) is 9.28. The van der Waals surface area contributed by atoms with Crippen molar-refractivity contribution >= 4 is 43.6 Å². The molecule has 33 heavy (non-hydrogen) atoms. The molecule has 1 atom stereocenters. The van der Waals surface area contributed by atoms with E-state index in [1.54, 1.807) is 0 Å². The molecule has 0 saturated heterocycles. The molecule has 0 aliphatic carbocycles. The third kappa shape index (κ3) is 3.00. The zero-order valence-corrected chi connectivity index (χ0v) is 18.6. The average Bonchev–Trinajstić information content (AvgIpc) is 3.33. The summed E-state index contributed by atoms with van der Waals surface area (Å²) in [6.45, 7) is 3.97. The molecule has 3 heterocycles. The van der Waals surface area contributed by atoms with Crippen molar-refractivity contribution in [1.29, 1.82) is 0 Å². The van der Waals surface area contributed by atoms with Gasteiger partial charge < -0.3 is 4.42 Å². The standard InChI is InChI=1S/C26H17FN2O3S/c1-13-3-6-15(7-4-13)22-21-23(30)17-12-16(27)8-10-19(17)32-24(21)25(31)29(22)26-28-18-9-5-14(2)11-20(18)33-26/h3-12,22H,1-2H3/t22-/m0/s1. The van der Waals surface area contributed by atoms with Crippen molar-refractivity contribution in [2.24, 2.45) is 0 Å². The van der Waals surface area contributed by atoms with E-state index in [2.05, 4.69) is 0 Å². The minimum absolute atomic E-state index is 0.0277. The summed E-state index contributed by atoms with van der Waals surface area (Å²) in [6.07, 6.45) is 0. The summed E-state index contributed by atoms with van der Waals surface area (Å²) in [5.74, 6) is -1.00. The van der Waals surface area contributed by atoms with Gasteiger partial charge in [0.2, 0.25) is 5.76 Å². The summed E-state index contributed by atoms with van der Waals surface area (Å²) in [5.41, 5.74) is 3.65. The number of aryl methyl sites for hydroxylation is 2. The number of anilines is 1. The van der Waals surface area contributed by atoms with Crippen LogP contribution < -0.4 is 10.3 Å². The smallest absolute Gasteiger partial charge is 0.297 e. The number of amides is 1. The topological polar surface area (TPSA) is 63.4 Å². The van der Waals surface area contributed by atoms with Crippen molar-refractivity contribution in [3.63, 3.8) is 0 Å². The Morgan fingerprint density at radius 3 is 2.52 bits per heavy atom. The molecule has 0 radical (unpaired) electrons. The number of rotatable bonds is 2. The fraction of sp³-hybridized carbons (Fsp3) is 0.115. The number of thiazole rings is 1. The molecule has 1 aliphatic heterocycles. The first-order valence-electron chi connectivity index (χ1n) is 10.4. The molecule has 2 aromatic heterocycles. The molecule has 0 fully saturated rings. The Morgan fingerprint density at radius 1 is 0.970 bits per heavy atom. The van der Waals surface area contributed by atoms with Crippen molar-refractivity contribution in [2.75, 3.05) is 4.90 Å². The highest BCUT2D eigenvalue weighted by atomic mass is 32.1. The SMILES string of the molecule is Cc1ccc([C@H]2c3c(oc4ccc(F)cc4c3=O)C(=O)N2c2nc3ccc(C)cc3s2)cc1. The van der Waals surface area contributed by atoms with Gasteiger partial charge in [0.25, 0.3) is 5.91 Å². The molecule has 1 aliphatic rings. The molecule has 0 spiro atoms. The Hall–Kier alpha value is -3.84. The van der Waals surface area contributed by atoms with E-state index in [9.17, 15) is 14.0 Å². The van der Waals surface area contributed by atoms with Crippen LogP contribution in [0.3, 0.4) is 0 Å². The highest BCUT2D eigenvalue weighted by Crippen LogP contribution is 2.43. The van der Waals surface area contributed by atoms with Crippen LogP contribution in [0.15, 0.2) is 69.9 Å². The zero-order valence-electron chi connectivity index (χ0n) is 17.8. The number of hydrogen-bond donors (Lipinski definition) is 0. The number of hydrogen-bond acceptors (Lipinski definition) is 5. The Balaban J connectivity index is 1.64. The lowest BCUT2D eigenvalue weighted by molar-refractivity contribution is 0.0971. The fourth-order valence-corrected chi connectivity index (χ4v) is 5.42. The van der Waals surface area contributed by atoms with Gasteiger partial charge in [-0.2, -0.15) is 0 Å². The molecule has 6 rings (SSSR count). The summed E-state index contributed by atoms with van der Waals surface area (Å²) >= 11 is 1.39. The Kier molecular flexibility index (Phi) is 4.25. The molecule has 0 saturated carbocycles. The van der Waals surface area contributed by atoms with Crippen molar-refractivity contribution in [3.05, 3.63) is 105 Å². The number of carbonyl (C=O) groups excluding carboxylic acids is 1. The summed E-state index contributed by atoms with van der Waals surface area (Å²) in [6, 6.07) is 16.6. The van der Waals surface area contributed by atoms with E-state index < -0.39 is 23.2 Å². The lowest BCUT2D eigenvalue weighted by Crippen LogP contribution is -2.29. The van der Waals surface area contributed by atoms with Crippen LogP contribution in [0.5, 0.6) is 0 Å². The molecule has 0 N–H and O–H groups in total. The molecule has 7 heteroatoms. The summed E-state index contributed by atoms with van der Waals surface area (Å²) in [7, 11) is 0. The van der Waals surface area contributed by atoms with E-state index in [1.807, 2.05) is 56.3 Å². The largest absolute Gasteiger partial charge is 0.450 e. The maximum absolute atomic E-state index is 13.9. The molecule has 1 amide bonds. The van der Waals surface area contributed by atoms with Gasteiger partial charge in [-0.15, -0.1) is 0 Å². The zero-order chi connectivity index (χ0) is 22.9. The van der Waals surface area contributed by atoms with Crippen molar-refractivity contribution < 1.29 is 13.6 Å². The van der Waals surface area contributed by atoms with Crippen molar-refractivity contribution in [1.82, 2.24) is 4.98 Å². The Labute approximate surface area is 191 Å². The van der Waals surface area contributed by atoms with E-state index in [0.29, 0.717) is 5.13 Å². The Morgan fingerprint density at radius 2 is 1.73 bits per heavy atom. The van der Waals surface area contributed by atoms with Crippen LogP contribution in [0.1, 0.15) is 38.9 Å². The van der Waals surface area contributed by atoms with E-state index in [0.717, 1.165) is 33.0 Å². The third-order valence-corrected chi connectivity index (χ3v) is 6.98. The quantitative estimate of drug-likeness (QED) is 0.331. The molecule has 5 nitrogen and oxygen atoms in total. The first-order valence-corrected chi connectivity index (χ1v) is 11.3. The second kappa shape index (κ2) is 7.08. The summed E-state index contributed by atoms with van der Waals surface area (Å²) in [4.78, 5) is 33.4. The van der Waals surface area contributed by atoms with Crippen LogP contribution in [0.25, 0.3) is 21.2 Å². The maximum Gasteiger partial charge on any atom is 0.297 e. The third-order valence-electron chi connectivity index (χ3n) is 5.96. The van der Waals surface area contributed by atoms with Gasteiger partial charge in [0.15, 0.2) is 10.6 Å². The highest BCUT2D eigenvalue weighted by Gasteiger charge is 2.45. The summed E-state index contributed by atoms with van der Waals surface area (Å²) < 4.78 is 20.8. The van der Waals surface area contributed by atoms with Crippen LogP contribution in [-0.4, -0.2) is 10.9 Å². The first-order chi connectivity index (χ1) is 15.9. The second-order valence-electron chi connectivity index (χ2n) is 8.27. The van der Waals surface area contributed by atoms with Gasteiger partial charge in [0, 0.05) is 0 Å². The monoisotopic (exact) mass is 456 g/mol. The van der Waals surface area contributed by atoms with E-state index in [4.69, 9.17) is 9.40 Å². The van der Waals surface area contributed by atoms with Gasteiger partial charge in [0.1, 0.15) is 11.4 Å². The van der Waals surface area contributed by atoms with Crippen LogP contribution in [0.4, 0.5) is 9.52 Å². The van der Waals surface area contributed by atoms with E-state index >= 15 is 0 Å². The number of aromatic nitrogens is 1. The molecular weight excluding hydrogens is 439 g/mol. The van der Waals surface area contributed by atoms with Crippen molar-refractivity contribution in [2.45, 2.75) is 19.9 Å². The minimum Gasteiger partial charge on any atom is -0.450 e. The normalized spacial score (nSPS) is 15.5. The van der Waals surface area contributed by atoms with Crippen LogP contribution >= 0.6 is 11.3 Å². The average molecular weight is 456 g/mol. The van der Waals surface area contributed by atoms with Gasteiger partial charge in [-0.1, -0.05) is 47.2 Å². The molecule has 162 valence electrons. The number of benzene rings is 3. The number of nitrogens with zero attached hydrogens (tertiary/aromatic N) is 2. The van der Waals surface area contributed by atoms with Gasteiger partial charge in [-0.05, 0) is 55.3 Å². The summed E-state index contributed by atoms with van der Waals surface area (Å²) in [5, 5.41) is 0.590. The lowest BCUT2D eigenvalue weighted by Gasteiger charge is -2.22. The number of halogens is 1. The van der Waals surface area contributed by atoms with E-state index in [1.165, 1.54) is 28.4 Å². The molecular formula is C26H17FN2O3S. The minimum atomic E-state index is -0.723. The maximum atomic E-state index is 13.9. The van der Waals surface area contributed by atoms with E-state index in [-0.39, 0.29) is 22.3 Å². The van der Waals surface area contributed by atoms with Gasteiger partial charge in [-0.25, -0.2) is 9.37 Å². The highest BCUT2D eigenvalue weighted by molar-refractivity contribution is 7.22. The van der Waals surface area contributed by atoms with Crippen LogP contribution in [0, 0.1) is 19.7 Å². The van der Waals surface area contributed by atoms with Crippen molar-refractivity contribution in [3.8, 4) is 0 Å². The lowest BCUT2D eigenvalue weighted by atomic mass is 9.98. The first kappa shape index (κ1) is 19.8. The van der Waals surface area contributed by atoms with Gasteiger partial charge >= 0.3 is 0 Å². The number of fused-ring (bicyclic) bond motifs is 3. The molecule has 5 aromatic rings. The predicted molar refractivity (Wildman–Crippen MR) is 127 cm³/mol. The molecule has 3 aromatic carbocycles. The fourth-order valence-electron chi connectivity index (χ4n) is 4.33. The van der Waals surface area contributed by atoms with Gasteiger partial charge in [0.05, 0.1) is 27.2 Å². The molecule has 0 unspecified atom stereocenters. The number of carbonyl (C=O) groups is 1. The molecule has 0 bridgehead atoms. The van der Waals surface area contributed by atoms with Crippen LogP contribution in [0.2, 0.25) is 0 Å². The van der Waals surface area contributed by atoms with Gasteiger partial charge in [-0.3, -0.25) is 14.5 Å². The van der Waals surface area contributed by atoms with Crippen LogP contribution in [-0.2, 0) is 0 Å².